The molecule has 1 aromatic heterocycles. The Balaban J connectivity index is 1.86. The predicted molar refractivity (Wildman–Crippen MR) is 94.8 cm³/mol. The topological polar surface area (TPSA) is 67.4 Å². The highest BCUT2D eigenvalue weighted by Gasteiger charge is 2.19. The third-order valence-corrected chi connectivity index (χ3v) is 4.76. The lowest BCUT2D eigenvalue weighted by atomic mass is 10.1. The lowest BCUT2D eigenvalue weighted by molar-refractivity contribution is -0.139. The number of ether oxygens (including phenoxy) is 1. The van der Waals surface area contributed by atoms with Crippen LogP contribution in [-0.4, -0.2) is 25.5 Å². The first kappa shape index (κ1) is 18.2. The van der Waals surface area contributed by atoms with Gasteiger partial charge in [-0.25, -0.2) is 0 Å². The molecule has 2 aromatic rings. The highest BCUT2D eigenvalue weighted by Crippen LogP contribution is 2.24. The van der Waals surface area contributed by atoms with E-state index in [4.69, 9.17) is 4.74 Å². The first-order valence-corrected chi connectivity index (χ1v) is 8.55. The fraction of sp³-hybridized carbons (Fsp3) is 0.333. The van der Waals surface area contributed by atoms with Crippen LogP contribution in [-0.2, 0) is 14.3 Å². The number of hydrogen-bond donors (Lipinski definition) is 2. The third-order valence-electron chi connectivity index (χ3n) is 3.66. The Labute approximate surface area is 146 Å². The van der Waals surface area contributed by atoms with E-state index in [0.29, 0.717) is 0 Å². The molecule has 0 aliphatic rings. The van der Waals surface area contributed by atoms with Crippen molar-refractivity contribution in [2.45, 2.75) is 26.0 Å². The van der Waals surface area contributed by atoms with E-state index in [0.717, 1.165) is 10.4 Å². The number of hydrogen-bond acceptors (Lipinski definition) is 4. The summed E-state index contributed by atoms with van der Waals surface area (Å²) in [5.74, 6) is -1.31. The highest BCUT2D eigenvalue weighted by molar-refractivity contribution is 7.12. The van der Waals surface area contributed by atoms with E-state index in [1.165, 1.54) is 4.88 Å². The second-order valence-electron chi connectivity index (χ2n) is 5.49. The Bertz CT molecular complexity index is 685. The van der Waals surface area contributed by atoms with Crippen molar-refractivity contribution in [3.05, 3.63) is 57.8 Å². The summed E-state index contributed by atoms with van der Waals surface area (Å²) < 4.78 is 5.39. The van der Waals surface area contributed by atoms with Gasteiger partial charge in [0.2, 0.25) is 0 Å². The van der Waals surface area contributed by atoms with Crippen LogP contribution in [0.4, 0.5) is 0 Å². The predicted octanol–water partition coefficient (Wildman–Crippen LogP) is 2.74. The average molecular weight is 346 g/mol. The number of thiophene rings is 1. The van der Waals surface area contributed by atoms with Crippen LogP contribution in [0.2, 0.25) is 0 Å². The van der Waals surface area contributed by atoms with Gasteiger partial charge in [0.15, 0.2) is 0 Å². The van der Waals surface area contributed by atoms with Crippen molar-refractivity contribution in [2.75, 3.05) is 13.7 Å². The summed E-state index contributed by atoms with van der Waals surface area (Å²) in [6.45, 7) is 4.10. The summed E-state index contributed by atoms with van der Waals surface area (Å²) in [6.07, 6.45) is -0.257. The molecule has 2 N–H and O–H groups in total. The lowest BCUT2D eigenvalue weighted by Crippen LogP contribution is -2.42. The minimum atomic E-state index is -0.659. The van der Waals surface area contributed by atoms with Crippen LogP contribution in [0.5, 0.6) is 0 Å². The lowest BCUT2D eigenvalue weighted by Gasteiger charge is -2.16. The Morgan fingerprint density at radius 2 is 1.83 bits per heavy atom. The molecule has 2 unspecified atom stereocenters. The van der Waals surface area contributed by atoms with Crippen LogP contribution in [0.25, 0.3) is 0 Å². The van der Waals surface area contributed by atoms with Crippen LogP contribution < -0.4 is 10.6 Å². The molecule has 0 bridgehead atoms. The van der Waals surface area contributed by atoms with E-state index in [1.54, 1.807) is 18.4 Å². The number of aryl methyl sites for hydroxylation is 1. The summed E-state index contributed by atoms with van der Waals surface area (Å²) >= 11 is 1.61. The van der Waals surface area contributed by atoms with E-state index in [-0.39, 0.29) is 18.7 Å². The summed E-state index contributed by atoms with van der Waals surface area (Å²) in [5.41, 5.74) is 0.947. The summed E-state index contributed by atoms with van der Waals surface area (Å²) in [6, 6.07) is 13.2. The quantitative estimate of drug-likeness (QED) is 0.791. The number of carbonyl (C=O) groups is 2. The van der Waals surface area contributed by atoms with Gasteiger partial charge in [0.05, 0.1) is 6.04 Å². The molecule has 0 saturated carbocycles. The van der Waals surface area contributed by atoms with Crippen molar-refractivity contribution in [3.8, 4) is 0 Å². The van der Waals surface area contributed by atoms with E-state index in [1.807, 2.05) is 56.3 Å². The smallest absolute Gasteiger partial charge is 0.309 e. The van der Waals surface area contributed by atoms with Crippen molar-refractivity contribution >= 4 is 23.2 Å². The molecule has 2 amide bonds. The van der Waals surface area contributed by atoms with Gasteiger partial charge in [-0.05, 0) is 31.5 Å². The van der Waals surface area contributed by atoms with E-state index >= 15 is 0 Å². The molecule has 0 saturated heterocycles. The second-order valence-corrected chi connectivity index (χ2v) is 6.81. The van der Waals surface area contributed by atoms with Crippen molar-refractivity contribution in [2.24, 2.45) is 0 Å². The minimum Gasteiger partial charge on any atom is -0.374 e. The average Bonchev–Trinajstić information content (AvgIpc) is 3.02. The number of methoxy groups -OCH3 is 1. The maximum absolute atomic E-state index is 12.0. The van der Waals surface area contributed by atoms with Gasteiger partial charge < -0.3 is 15.4 Å². The monoisotopic (exact) mass is 346 g/mol. The van der Waals surface area contributed by atoms with Crippen molar-refractivity contribution < 1.29 is 14.3 Å². The Hall–Kier alpha value is -2.18. The van der Waals surface area contributed by atoms with Crippen molar-refractivity contribution in [1.29, 1.82) is 0 Å². The largest absolute Gasteiger partial charge is 0.374 e. The Kier molecular flexibility index (Phi) is 6.52. The van der Waals surface area contributed by atoms with Crippen LogP contribution in [0, 0.1) is 6.92 Å². The summed E-state index contributed by atoms with van der Waals surface area (Å²) in [4.78, 5) is 26.2. The fourth-order valence-corrected chi connectivity index (χ4v) is 3.23. The van der Waals surface area contributed by atoms with Crippen molar-refractivity contribution in [1.82, 2.24) is 10.6 Å². The molecule has 0 fully saturated rings. The molecule has 2 atom stereocenters. The molecular weight excluding hydrogens is 324 g/mol. The van der Waals surface area contributed by atoms with Crippen LogP contribution in [0.3, 0.4) is 0 Å². The summed E-state index contributed by atoms with van der Waals surface area (Å²) in [7, 11) is 1.59. The van der Waals surface area contributed by atoms with Crippen molar-refractivity contribution in [3.63, 3.8) is 0 Å². The molecule has 2 rings (SSSR count). The van der Waals surface area contributed by atoms with Gasteiger partial charge in [0, 0.05) is 23.4 Å². The highest BCUT2D eigenvalue weighted by atomic mass is 32.1. The minimum absolute atomic E-state index is 0.234. The molecule has 6 heteroatoms. The van der Waals surface area contributed by atoms with Gasteiger partial charge in [-0.2, -0.15) is 0 Å². The first-order valence-electron chi connectivity index (χ1n) is 7.74. The van der Waals surface area contributed by atoms with Crippen LogP contribution >= 0.6 is 11.3 Å². The molecule has 0 aliphatic carbocycles. The van der Waals surface area contributed by atoms with Gasteiger partial charge in [-0.15, -0.1) is 11.3 Å². The molecular formula is C18H22N2O3S. The Morgan fingerprint density at radius 1 is 1.12 bits per heavy atom. The summed E-state index contributed by atoms with van der Waals surface area (Å²) in [5, 5.41) is 5.32. The molecule has 0 radical (unpaired) electrons. The van der Waals surface area contributed by atoms with E-state index in [2.05, 4.69) is 10.6 Å². The third kappa shape index (κ3) is 4.91. The van der Waals surface area contributed by atoms with Gasteiger partial charge in [0.25, 0.3) is 0 Å². The standard InChI is InChI=1S/C18H22N2O3S/c1-12-9-10-16(24-12)15(23-3)11-19-17(21)18(22)20-13(2)14-7-5-4-6-8-14/h4-10,13,15H,11H2,1-3H3,(H,19,21)(H,20,22). The molecule has 1 aromatic carbocycles. The normalized spacial score (nSPS) is 13.1. The number of nitrogens with one attached hydrogen (secondary N) is 2. The molecule has 128 valence electrons. The van der Waals surface area contributed by atoms with E-state index in [9.17, 15) is 9.59 Å². The van der Waals surface area contributed by atoms with Gasteiger partial charge in [-0.3, -0.25) is 9.59 Å². The van der Waals surface area contributed by atoms with Crippen LogP contribution in [0.15, 0.2) is 42.5 Å². The molecule has 24 heavy (non-hydrogen) atoms. The maximum Gasteiger partial charge on any atom is 0.309 e. The maximum atomic E-state index is 12.0. The Morgan fingerprint density at radius 3 is 2.42 bits per heavy atom. The molecule has 1 heterocycles. The molecule has 0 spiro atoms. The SMILES string of the molecule is COC(CNC(=O)C(=O)NC(C)c1ccccc1)c1ccc(C)s1. The van der Waals surface area contributed by atoms with Gasteiger partial charge in [0.1, 0.15) is 6.10 Å². The van der Waals surface area contributed by atoms with E-state index < -0.39 is 11.8 Å². The number of carbonyl (C=O) groups excluding carboxylic acids is 2. The zero-order chi connectivity index (χ0) is 17.5. The van der Waals surface area contributed by atoms with Gasteiger partial charge in [-0.1, -0.05) is 30.3 Å². The number of benzene rings is 1. The molecule has 5 nitrogen and oxygen atoms in total. The molecule has 0 aliphatic heterocycles. The van der Waals surface area contributed by atoms with Gasteiger partial charge >= 0.3 is 11.8 Å². The zero-order valence-electron chi connectivity index (χ0n) is 14.0. The zero-order valence-corrected chi connectivity index (χ0v) is 14.9. The fourth-order valence-electron chi connectivity index (χ4n) is 2.28. The first-order chi connectivity index (χ1) is 11.5. The number of amides is 2. The van der Waals surface area contributed by atoms with Crippen LogP contribution in [0.1, 0.15) is 34.4 Å². The number of rotatable bonds is 6. The second kappa shape index (κ2) is 8.61.